The summed E-state index contributed by atoms with van der Waals surface area (Å²) in [6, 6.07) is 4.91. The number of fused-ring (bicyclic) bond motifs is 1. The van der Waals surface area contributed by atoms with Crippen molar-refractivity contribution in [3.63, 3.8) is 0 Å². The fourth-order valence-electron chi connectivity index (χ4n) is 2.91. The standard InChI is InChI=1S/C16H20N4O2/c1-10(2)8-14-13-6-7-17-16(13)19(18-14)15-9-12(20(21)22)5-4-11(15)3/h4-5,9-10,17H,6-8H2,1-3H3. The molecule has 1 aliphatic rings. The largest absolute Gasteiger partial charge is 0.369 e. The number of benzene rings is 1. The summed E-state index contributed by atoms with van der Waals surface area (Å²) in [6.07, 6.45) is 1.89. The molecule has 1 aromatic carbocycles. The van der Waals surface area contributed by atoms with Gasteiger partial charge < -0.3 is 5.32 Å². The molecule has 3 rings (SSSR count). The average molecular weight is 300 g/mol. The molecular formula is C16H20N4O2. The Morgan fingerprint density at radius 1 is 1.45 bits per heavy atom. The summed E-state index contributed by atoms with van der Waals surface area (Å²) in [5.41, 5.74) is 4.18. The van der Waals surface area contributed by atoms with Gasteiger partial charge in [-0.25, -0.2) is 4.68 Å². The maximum atomic E-state index is 11.0. The van der Waals surface area contributed by atoms with Crippen molar-refractivity contribution in [2.45, 2.75) is 33.6 Å². The lowest BCUT2D eigenvalue weighted by Gasteiger charge is -2.09. The normalized spacial score (nSPS) is 13.3. The molecule has 0 fully saturated rings. The molecule has 2 heterocycles. The van der Waals surface area contributed by atoms with Gasteiger partial charge in [-0.2, -0.15) is 5.10 Å². The van der Waals surface area contributed by atoms with E-state index in [-0.39, 0.29) is 10.6 Å². The zero-order valence-corrected chi connectivity index (χ0v) is 13.1. The number of aryl methyl sites for hydroxylation is 1. The molecule has 6 nitrogen and oxygen atoms in total. The van der Waals surface area contributed by atoms with Crippen LogP contribution in [-0.4, -0.2) is 21.2 Å². The van der Waals surface area contributed by atoms with Crippen LogP contribution in [0.2, 0.25) is 0 Å². The molecule has 0 saturated carbocycles. The summed E-state index contributed by atoms with van der Waals surface area (Å²) in [7, 11) is 0. The predicted molar refractivity (Wildman–Crippen MR) is 85.7 cm³/mol. The highest BCUT2D eigenvalue weighted by Gasteiger charge is 2.24. The van der Waals surface area contributed by atoms with Crippen molar-refractivity contribution in [1.29, 1.82) is 0 Å². The van der Waals surface area contributed by atoms with Crippen LogP contribution in [0.15, 0.2) is 18.2 Å². The molecule has 0 bridgehead atoms. The van der Waals surface area contributed by atoms with Crippen LogP contribution in [-0.2, 0) is 12.8 Å². The van der Waals surface area contributed by atoms with Crippen LogP contribution >= 0.6 is 0 Å². The third kappa shape index (κ3) is 2.45. The van der Waals surface area contributed by atoms with Crippen molar-refractivity contribution < 1.29 is 4.92 Å². The first kappa shape index (κ1) is 14.6. The lowest BCUT2D eigenvalue weighted by atomic mass is 10.0. The summed E-state index contributed by atoms with van der Waals surface area (Å²) >= 11 is 0. The van der Waals surface area contributed by atoms with Crippen molar-refractivity contribution in [2.75, 3.05) is 11.9 Å². The summed E-state index contributed by atoms with van der Waals surface area (Å²) < 4.78 is 1.84. The van der Waals surface area contributed by atoms with Crippen LogP contribution in [0, 0.1) is 23.0 Å². The molecule has 22 heavy (non-hydrogen) atoms. The SMILES string of the molecule is Cc1ccc([N+](=O)[O-])cc1-n1nc(CC(C)C)c2c1NCC2. The minimum Gasteiger partial charge on any atom is -0.369 e. The quantitative estimate of drug-likeness (QED) is 0.695. The van der Waals surface area contributed by atoms with E-state index in [1.807, 2.05) is 11.6 Å². The molecule has 0 atom stereocenters. The van der Waals surface area contributed by atoms with E-state index in [4.69, 9.17) is 5.10 Å². The third-order valence-corrected chi connectivity index (χ3v) is 3.97. The Balaban J connectivity index is 2.13. The molecular weight excluding hydrogens is 280 g/mol. The minimum atomic E-state index is -0.366. The number of non-ortho nitro benzene ring substituents is 1. The topological polar surface area (TPSA) is 73.0 Å². The van der Waals surface area contributed by atoms with E-state index in [1.165, 1.54) is 11.6 Å². The highest BCUT2D eigenvalue weighted by Crippen LogP contribution is 2.32. The molecule has 116 valence electrons. The van der Waals surface area contributed by atoms with Crippen LogP contribution in [0.25, 0.3) is 5.69 Å². The van der Waals surface area contributed by atoms with Crippen molar-refractivity contribution in [3.8, 4) is 5.69 Å². The molecule has 1 N–H and O–H groups in total. The number of anilines is 1. The zero-order valence-electron chi connectivity index (χ0n) is 13.1. The summed E-state index contributed by atoms with van der Waals surface area (Å²) in [6.45, 7) is 7.19. The van der Waals surface area contributed by atoms with E-state index in [1.54, 1.807) is 12.1 Å². The van der Waals surface area contributed by atoms with Crippen LogP contribution in [0.5, 0.6) is 0 Å². The number of aromatic nitrogens is 2. The third-order valence-electron chi connectivity index (χ3n) is 3.97. The highest BCUT2D eigenvalue weighted by molar-refractivity contribution is 5.60. The lowest BCUT2D eigenvalue weighted by Crippen LogP contribution is -2.07. The maximum Gasteiger partial charge on any atom is 0.271 e. The number of nitrogens with one attached hydrogen (secondary N) is 1. The van der Waals surface area contributed by atoms with Gasteiger partial charge in [0.05, 0.1) is 16.3 Å². The molecule has 0 amide bonds. The number of nitro benzene ring substituents is 1. The van der Waals surface area contributed by atoms with Crippen LogP contribution in [0.4, 0.5) is 11.5 Å². The van der Waals surface area contributed by atoms with Crippen LogP contribution in [0.3, 0.4) is 0 Å². The predicted octanol–water partition coefficient (Wildman–Crippen LogP) is 3.26. The molecule has 6 heteroatoms. The van der Waals surface area contributed by atoms with Crippen LogP contribution in [0.1, 0.15) is 30.7 Å². The van der Waals surface area contributed by atoms with Gasteiger partial charge in [-0.15, -0.1) is 0 Å². The monoisotopic (exact) mass is 300 g/mol. The fourth-order valence-corrected chi connectivity index (χ4v) is 2.91. The van der Waals surface area contributed by atoms with Crippen molar-refractivity contribution >= 4 is 11.5 Å². The molecule has 0 spiro atoms. The van der Waals surface area contributed by atoms with E-state index in [0.29, 0.717) is 5.92 Å². The molecule has 1 aliphatic heterocycles. The highest BCUT2D eigenvalue weighted by atomic mass is 16.6. The first-order valence-electron chi connectivity index (χ1n) is 7.57. The van der Waals surface area contributed by atoms with E-state index in [9.17, 15) is 10.1 Å². The Morgan fingerprint density at radius 3 is 2.91 bits per heavy atom. The van der Waals surface area contributed by atoms with Gasteiger partial charge >= 0.3 is 0 Å². The summed E-state index contributed by atoms with van der Waals surface area (Å²) in [5, 5.41) is 19.1. The Morgan fingerprint density at radius 2 is 2.23 bits per heavy atom. The first-order valence-corrected chi connectivity index (χ1v) is 7.57. The van der Waals surface area contributed by atoms with Gasteiger partial charge in [-0.05, 0) is 31.2 Å². The van der Waals surface area contributed by atoms with E-state index in [2.05, 4.69) is 19.2 Å². The Kier molecular flexibility index (Phi) is 3.60. The number of rotatable bonds is 4. The second-order valence-electron chi connectivity index (χ2n) is 6.19. The van der Waals surface area contributed by atoms with E-state index < -0.39 is 0 Å². The van der Waals surface area contributed by atoms with Gasteiger partial charge in [-0.1, -0.05) is 19.9 Å². The van der Waals surface area contributed by atoms with Crippen molar-refractivity contribution in [1.82, 2.24) is 9.78 Å². The molecule has 2 aromatic rings. The smallest absolute Gasteiger partial charge is 0.271 e. The number of nitrogens with zero attached hydrogens (tertiary/aromatic N) is 3. The van der Waals surface area contributed by atoms with E-state index >= 15 is 0 Å². The molecule has 0 unspecified atom stereocenters. The number of nitro groups is 1. The van der Waals surface area contributed by atoms with Gasteiger partial charge in [0.1, 0.15) is 5.82 Å². The van der Waals surface area contributed by atoms with Gasteiger partial charge in [-0.3, -0.25) is 10.1 Å². The second kappa shape index (κ2) is 5.44. The Hall–Kier alpha value is -2.37. The van der Waals surface area contributed by atoms with Gasteiger partial charge in [0.15, 0.2) is 0 Å². The molecule has 0 radical (unpaired) electrons. The van der Waals surface area contributed by atoms with Gasteiger partial charge in [0.25, 0.3) is 5.69 Å². The van der Waals surface area contributed by atoms with Crippen molar-refractivity contribution in [3.05, 3.63) is 45.1 Å². The van der Waals surface area contributed by atoms with Crippen molar-refractivity contribution in [2.24, 2.45) is 5.92 Å². The average Bonchev–Trinajstić information content (AvgIpc) is 3.03. The van der Waals surface area contributed by atoms with E-state index in [0.717, 1.165) is 42.1 Å². The Labute approximate surface area is 129 Å². The van der Waals surface area contributed by atoms with Gasteiger partial charge in [0.2, 0.25) is 0 Å². The fraction of sp³-hybridized carbons (Fsp3) is 0.438. The minimum absolute atomic E-state index is 0.0910. The summed E-state index contributed by atoms with van der Waals surface area (Å²) in [5.74, 6) is 1.51. The molecule has 1 aromatic heterocycles. The summed E-state index contributed by atoms with van der Waals surface area (Å²) in [4.78, 5) is 10.7. The molecule has 0 aliphatic carbocycles. The molecule has 0 saturated heterocycles. The van der Waals surface area contributed by atoms with Gasteiger partial charge in [0, 0.05) is 24.2 Å². The zero-order chi connectivity index (χ0) is 15.9. The lowest BCUT2D eigenvalue weighted by molar-refractivity contribution is -0.384. The van der Waals surface area contributed by atoms with Crippen LogP contribution < -0.4 is 5.32 Å². The Bertz CT molecular complexity index is 734. The first-order chi connectivity index (χ1) is 10.5. The second-order valence-corrected chi connectivity index (χ2v) is 6.19. The maximum absolute atomic E-state index is 11.0. The number of hydrogen-bond acceptors (Lipinski definition) is 4. The number of hydrogen-bond donors (Lipinski definition) is 1.